The fourth-order valence-corrected chi connectivity index (χ4v) is 7.46. The normalized spacial score (nSPS) is 22.3. The summed E-state index contributed by atoms with van der Waals surface area (Å²) in [5.74, 6) is -0.0826. The molecule has 2 N–H and O–H groups in total. The van der Waals surface area contributed by atoms with E-state index in [1.165, 1.54) is 31.4 Å². The van der Waals surface area contributed by atoms with E-state index in [1.54, 1.807) is 17.0 Å². The van der Waals surface area contributed by atoms with Gasteiger partial charge in [-0.05, 0) is 99.7 Å². The van der Waals surface area contributed by atoms with Crippen molar-refractivity contribution < 1.29 is 14.0 Å². The summed E-state index contributed by atoms with van der Waals surface area (Å²) in [6.45, 7) is 1.33. The molecule has 2 aromatic rings. The fraction of sp³-hybridized carbons (Fsp3) is 0.600. The Kier molecular flexibility index (Phi) is 11.4. The van der Waals surface area contributed by atoms with E-state index in [0.29, 0.717) is 36.6 Å². The molecule has 2 aromatic carbocycles. The average Bonchev–Trinajstić information content (AvgIpc) is 3.04. The van der Waals surface area contributed by atoms with Crippen molar-refractivity contribution in [3.05, 3.63) is 64.9 Å². The third-order valence-corrected chi connectivity index (χ3v) is 10.0. The molecule has 5 rings (SSSR count). The van der Waals surface area contributed by atoms with Crippen molar-refractivity contribution in [2.45, 2.75) is 107 Å². The minimum Gasteiger partial charge on any atom is -0.382 e. The highest BCUT2D eigenvalue weighted by atomic mass is 35.5. The molecule has 3 fully saturated rings. The number of benzene rings is 2. The Bertz CT molecular complexity index is 1200. The number of halogens is 2. The number of urea groups is 1. The van der Waals surface area contributed by atoms with Gasteiger partial charge in [-0.15, -0.1) is 0 Å². The zero-order chi connectivity index (χ0) is 31.1. The molecule has 1 saturated heterocycles. The summed E-state index contributed by atoms with van der Waals surface area (Å²) in [5.41, 5.74) is 2.03. The summed E-state index contributed by atoms with van der Waals surface area (Å²) < 4.78 is 13.3. The van der Waals surface area contributed by atoms with Crippen LogP contribution < -0.4 is 10.6 Å². The molecule has 7 nitrogen and oxygen atoms in total. The SMILES string of the molecule is CN(C)C(=O)N(C1CCCCC1)C1CCN(C(=O)[C@H](Cc2ccc(Cl)cc2)NC2CCC(Nc3ccc(F)cc3)CC2)CC1. The van der Waals surface area contributed by atoms with Crippen LogP contribution in [-0.4, -0.2) is 84.0 Å². The van der Waals surface area contributed by atoms with Crippen molar-refractivity contribution in [1.29, 1.82) is 0 Å². The molecule has 1 heterocycles. The molecule has 0 spiro atoms. The number of carbonyl (C=O) groups is 2. The van der Waals surface area contributed by atoms with Crippen molar-refractivity contribution in [3.8, 4) is 0 Å². The van der Waals surface area contributed by atoms with E-state index >= 15 is 0 Å². The number of hydrogen-bond acceptors (Lipinski definition) is 4. The molecule has 3 amide bonds. The quantitative estimate of drug-likeness (QED) is 0.325. The third kappa shape index (κ3) is 8.66. The van der Waals surface area contributed by atoms with Crippen molar-refractivity contribution in [3.63, 3.8) is 0 Å². The maximum Gasteiger partial charge on any atom is 0.319 e. The Hall–Kier alpha value is -2.84. The van der Waals surface area contributed by atoms with Crippen LogP contribution in [0.25, 0.3) is 0 Å². The number of piperidine rings is 1. The molecule has 3 aliphatic rings. The molecule has 1 atom stereocenters. The van der Waals surface area contributed by atoms with E-state index in [1.807, 2.05) is 43.3 Å². The van der Waals surface area contributed by atoms with E-state index in [2.05, 4.69) is 15.5 Å². The largest absolute Gasteiger partial charge is 0.382 e. The number of nitrogens with zero attached hydrogens (tertiary/aromatic N) is 3. The summed E-state index contributed by atoms with van der Waals surface area (Å²) in [7, 11) is 3.69. The Balaban J connectivity index is 1.20. The highest BCUT2D eigenvalue weighted by Gasteiger charge is 2.37. The second-order valence-electron chi connectivity index (χ2n) is 13.2. The maximum atomic E-state index is 14.1. The first-order valence-electron chi connectivity index (χ1n) is 16.6. The average molecular weight is 626 g/mol. The molecular formula is C35H49ClFN5O2. The number of amides is 3. The van der Waals surface area contributed by atoms with Crippen LogP contribution in [0, 0.1) is 5.82 Å². The predicted molar refractivity (Wildman–Crippen MR) is 176 cm³/mol. The molecule has 2 saturated carbocycles. The van der Waals surface area contributed by atoms with Gasteiger partial charge in [-0.1, -0.05) is 43.0 Å². The van der Waals surface area contributed by atoms with Gasteiger partial charge in [0.2, 0.25) is 5.91 Å². The van der Waals surface area contributed by atoms with Crippen molar-refractivity contribution in [2.75, 3.05) is 32.5 Å². The summed E-state index contributed by atoms with van der Waals surface area (Å²) in [6.07, 6.45) is 11.9. The third-order valence-electron chi connectivity index (χ3n) is 9.77. The number of hydrogen-bond donors (Lipinski definition) is 2. The van der Waals surface area contributed by atoms with Gasteiger partial charge in [-0.3, -0.25) is 4.79 Å². The predicted octanol–water partition coefficient (Wildman–Crippen LogP) is 6.71. The van der Waals surface area contributed by atoms with Gasteiger partial charge < -0.3 is 25.3 Å². The summed E-state index contributed by atoms with van der Waals surface area (Å²) >= 11 is 6.16. The number of carbonyl (C=O) groups excluding carboxylic acids is 2. The van der Waals surface area contributed by atoms with Gasteiger partial charge in [0, 0.05) is 62.1 Å². The van der Waals surface area contributed by atoms with Crippen LogP contribution in [-0.2, 0) is 11.2 Å². The Morgan fingerprint density at radius 3 is 2.05 bits per heavy atom. The van der Waals surface area contributed by atoms with Gasteiger partial charge in [-0.25, -0.2) is 9.18 Å². The topological polar surface area (TPSA) is 67.9 Å². The summed E-state index contributed by atoms with van der Waals surface area (Å²) in [6, 6.07) is 15.2. The van der Waals surface area contributed by atoms with Crippen LogP contribution in [0.2, 0.25) is 5.02 Å². The summed E-state index contributed by atoms with van der Waals surface area (Å²) in [5, 5.41) is 7.98. The highest BCUT2D eigenvalue weighted by molar-refractivity contribution is 6.30. The second-order valence-corrected chi connectivity index (χ2v) is 13.6. The zero-order valence-corrected chi connectivity index (χ0v) is 27.1. The molecule has 1 aliphatic heterocycles. The van der Waals surface area contributed by atoms with Gasteiger partial charge in [-0.2, -0.15) is 0 Å². The van der Waals surface area contributed by atoms with E-state index in [0.717, 1.165) is 62.6 Å². The lowest BCUT2D eigenvalue weighted by Crippen LogP contribution is -2.58. The van der Waals surface area contributed by atoms with E-state index in [4.69, 9.17) is 11.6 Å². The van der Waals surface area contributed by atoms with Crippen molar-refractivity contribution in [1.82, 2.24) is 20.0 Å². The first-order valence-corrected chi connectivity index (χ1v) is 17.0. The first kappa shape index (κ1) is 32.6. The van der Waals surface area contributed by atoms with Crippen molar-refractivity contribution in [2.24, 2.45) is 0 Å². The molecule has 0 bridgehead atoms. The Morgan fingerprint density at radius 2 is 1.43 bits per heavy atom. The molecule has 44 heavy (non-hydrogen) atoms. The number of nitrogens with one attached hydrogen (secondary N) is 2. The first-order chi connectivity index (χ1) is 21.3. The smallest absolute Gasteiger partial charge is 0.319 e. The molecular weight excluding hydrogens is 577 g/mol. The molecule has 240 valence electrons. The maximum absolute atomic E-state index is 14.1. The Labute approximate surface area is 267 Å². The van der Waals surface area contributed by atoms with Crippen LogP contribution >= 0.6 is 11.6 Å². The number of rotatable bonds is 9. The molecule has 0 unspecified atom stereocenters. The lowest BCUT2D eigenvalue weighted by Gasteiger charge is -2.45. The van der Waals surface area contributed by atoms with Gasteiger partial charge in [0.05, 0.1) is 6.04 Å². The minimum atomic E-state index is -0.322. The van der Waals surface area contributed by atoms with Gasteiger partial charge in [0.25, 0.3) is 0 Å². The van der Waals surface area contributed by atoms with E-state index in [-0.39, 0.29) is 35.9 Å². The minimum absolute atomic E-state index is 0.105. The van der Waals surface area contributed by atoms with Crippen LogP contribution in [0.15, 0.2) is 48.5 Å². The standard InChI is InChI=1S/C35H49ClFN5O2/c1-40(2)35(44)42(31-6-4-3-5-7-31)32-20-22-41(23-21-32)34(43)33(24-25-8-10-26(36)11-9-25)39-30-18-16-29(17-19-30)38-28-14-12-27(37)13-15-28/h8-15,29-33,38-39H,3-7,16-24H2,1-2H3/t29?,30?,33-/m0/s1. The highest BCUT2D eigenvalue weighted by Crippen LogP contribution is 2.29. The van der Waals surface area contributed by atoms with E-state index < -0.39 is 0 Å². The summed E-state index contributed by atoms with van der Waals surface area (Å²) in [4.78, 5) is 33.3. The van der Waals surface area contributed by atoms with Crippen molar-refractivity contribution >= 4 is 29.2 Å². The fourth-order valence-electron chi connectivity index (χ4n) is 7.33. The van der Waals surface area contributed by atoms with Crippen LogP contribution in [0.5, 0.6) is 0 Å². The number of anilines is 1. The van der Waals surface area contributed by atoms with E-state index in [9.17, 15) is 14.0 Å². The van der Waals surface area contributed by atoms with Gasteiger partial charge in [0.15, 0.2) is 0 Å². The van der Waals surface area contributed by atoms with Gasteiger partial charge in [0.1, 0.15) is 5.82 Å². The second kappa shape index (κ2) is 15.4. The lowest BCUT2D eigenvalue weighted by molar-refractivity contribution is -0.135. The lowest BCUT2D eigenvalue weighted by atomic mass is 9.89. The van der Waals surface area contributed by atoms with Crippen LogP contribution in [0.1, 0.15) is 76.2 Å². The molecule has 9 heteroatoms. The number of likely N-dealkylation sites (tertiary alicyclic amines) is 1. The van der Waals surface area contributed by atoms with Crippen LogP contribution in [0.4, 0.5) is 14.9 Å². The Morgan fingerprint density at radius 1 is 0.841 bits per heavy atom. The van der Waals surface area contributed by atoms with Gasteiger partial charge >= 0.3 is 6.03 Å². The monoisotopic (exact) mass is 625 g/mol. The zero-order valence-electron chi connectivity index (χ0n) is 26.3. The molecule has 0 aromatic heterocycles. The van der Waals surface area contributed by atoms with Crippen LogP contribution in [0.3, 0.4) is 0 Å². The molecule has 2 aliphatic carbocycles. The molecule has 0 radical (unpaired) electrons.